The third-order valence-electron chi connectivity index (χ3n) is 1.34. The van der Waals surface area contributed by atoms with E-state index in [1.165, 1.54) is 13.8 Å². The van der Waals surface area contributed by atoms with Gasteiger partial charge in [0.15, 0.2) is 0 Å². The Balaban J connectivity index is 4.68. The van der Waals surface area contributed by atoms with E-state index in [-0.39, 0.29) is 10.8 Å². The number of carboxylic acid groups (broad SMARTS) is 1. The van der Waals surface area contributed by atoms with Crippen LogP contribution >= 0.6 is 10.8 Å². The van der Waals surface area contributed by atoms with Crippen molar-refractivity contribution >= 4 is 25.9 Å². The zero-order chi connectivity index (χ0) is 10.9. The third-order valence-corrected chi connectivity index (χ3v) is 4.15. The lowest BCUT2D eigenvalue weighted by molar-refractivity contribution is -0.139. The third kappa shape index (κ3) is 4.46. The molecule has 1 atom stereocenters. The van der Waals surface area contributed by atoms with Crippen molar-refractivity contribution in [2.24, 2.45) is 5.73 Å². The van der Waals surface area contributed by atoms with Gasteiger partial charge in [0.1, 0.15) is 6.04 Å². The number of carboxylic acids is 1. The monoisotopic (exact) mass is 229 g/mol. The normalized spacial score (nSPS) is 15.4. The number of carbonyl (C=O) groups is 1. The molecule has 0 aromatic carbocycles. The Hall–Kier alpha value is -0.310. The molecule has 0 heterocycles. The van der Waals surface area contributed by atoms with Gasteiger partial charge in [0.05, 0.1) is 4.75 Å². The molecule has 0 amide bonds. The summed E-state index contributed by atoms with van der Waals surface area (Å²) in [7, 11) is -4.17. The lowest BCUT2D eigenvalue weighted by Crippen LogP contribution is -2.47. The second-order valence-electron chi connectivity index (χ2n) is 2.93. The lowest BCUT2D eigenvalue weighted by atomic mass is 10.1. The van der Waals surface area contributed by atoms with Crippen LogP contribution in [0.4, 0.5) is 0 Å². The van der Waals surface area contributed by atoms with E-state index in [1.54, 1.807) is 0 Å². The van der Waals surface area contributed by atoms with Crippen LogP contribution in [0.5, 0.6) is 0 Å². The fourth-order valence-electron chi connectivity index (χ4n) is 0.621. The van der Waals surface area contributed by atoms with Crippen LogP contribution in [0.3, 0.4) is 0 Å². The molecule has 1 unspecified atom stereocenters. The smallest absolute Gasteiger partial charge is 0.321 e. The molecule has 0 aromatic rings. The molecule has 0 saturated heterocycles. The van der Waals surface area contributed by atoms with Crippen molar-refractivity contribution in [2.75, 3.05) is 0 Å². The quantitative estimate of drug-likeness (QED) is 0.448. The molecule has 6 nitrogen and oxygen atoms in total. The predicted molar refractivity (Wildman–Crippen MR) is 48.8 cm³/mol. The SMILES string of the molecule is CC(C)(SS(=O)(=O)O)C(N)C(=O)O. The fraction of sp³-hybridized carbons (Fsp3) is 0.800. The van der Waals surface area contributed by atoms with Crippen molar-refractivity contribution in [1.29, 1.82) is 0 Å². The molecule has 0 aliphatic rings. The Kier molecular flexibility index (Phi) is 3.73. The van der Waals surface area contributed by atoms with Crippen LogP contribution in [0.25, 0.3) is 0 Å². The van der Waals surface area contributed by atoms with Gasteiger partial charge in [-0.1, -0.05) is 0 Å². The number of hydrogen-bond donors (Lipinski definition) is 3. The van der Waals surface area contributed by atoms with Crippen molar-refractivity contribution in [3.05, 3.63) is 0 Å². The summed E-state index contributed by atoms with van der Waals surface area (Å²) in [6.07, 6.45) is 0. The molecule has 78 valence electrons. The van der Waals surface area contributed by atoms with Crippen molar-refractivity contribution in [2.45, 2.75) is 24.6 Å². The van der Waals surface area contributed by atoms with Gasteiger partial charge in [-0.2, -0.15) is 8.42 Å². The highest BCUT2D eigenvalue weighted by atomic mass is 33.1. The average molecular weight is 229 g/mol. The maximum absolute atomic E-state index is 10.4. The van der Waals surface area contributed by atoms with Gasteiger partial charge < -0.3 is 10.8 Å². The summed E-state index contributed by atoms with van der Waals surface area (Å²) in [4.78, 5) is 10.4. The van der Waals surface area contributed by atoms with E-state index in [1.807, 2.05) is 0 Å². The summed E-state index contributed by atoms with van der Waals surface area (Å²) in [5.41, 5.74) is 5.21. The molecular formula is C5H11NO5S2. The zero-order valence-electron chi connectivity index (χ0n) is 7.09. The summed E-state index contributed by atoms with van der Waals surface area (Å²) in [5.74, 6) is -1.32. The molecular weight excluding hydrogens is 218 g/mol. The number of hydrogen-bond acceptors (Lipinski definition) is 5. The van der Waals surface area contributed by atoms with Gasteiger partial charge >= 0.3 is 15.1 Å². The lowest BCUT2D eigenvalue weighted by Gasteiger charge is -2.25. The molecule has 0 spiro atoms. The largest absolute Gasteiger partial charge is 0.480 e. The van der Waals surface area contributed by atoms with Crippen LogP contribution in [0.15, 0.2) is 0 Å². The molecule has 0 saturated carbocycles. The van der Waals surface area contributed by atoms with Gasteiger partial charge in [-0.05, 0) is 13.8 Å². The molecule has 13 heavy (non-hydrogen) atoms. The maximum atomic E-state index is 10.4. The van der Waals surface area contributed by atoms with Gasteiger partial charge in [0.25, 0.3) is 0 Å². The molecule has 8 heteroatoms. The average Bonchev–Trinajstić information content (AvgIpc) is 1.80. The van der Waals surface area contributed by atoms with Crippen molar-refractivity contribution in [3.8, 4) is 0 Å². The Morgan fingerprint density at radius 1 is 1.54 bits per heavy atom. The number of aliphatic carboxylic acids is 1. The van der Waals surface area contributed by atoms with Gasteiger partial charge in [0.2, 0.25) is 0 Å². The predicted octanol–water partition coefficient (Wildman–Crippen LogP) is -0.287. The highest BCUT2D eigenvalue weighted by molar-refractivity contribution is 8.70. The van der Waals surface area contributed by atoms with Crippen LogP contribution in [-0.4, -0.2) is 34.8 Å². The second kappa shape index (κ2) is 3.82. The molecule has 0 aliphatic heterocycles. The summed E-state index contributed by atoms with van der Waals surface area (Å²) in [6, 6.07) is -1.36. The van der Waals surface area contributed by atoms with Crippen LogP contribution in [0, 0.1) is 0 Å². The van der Waals surface area contributed by atoms with Gasteiger partial charge in [0, 0.05) is 10.8 Å². The van der Waals surface area contributed by atoms with E-state index < -0.39 is 25.9 Å². The van der Waals surface area contributed by atoms with Crippen molar-refractivity contribution < 1.29 is 22.9 Å². The summed E-state index contributed by atoms with van der Waals surface area (Å²) < 4.78 is 28.1. The first kappa shape index (κ1) is 12.7. The first-order valence-corrected chi connectivity index (χ1v) is 6.00. The first-order valence-electron chi connectivity index (χ1n) is 3.23. The van der Waals surface area contributed by atoms with E-state index in [0.717, 1.165) is 0 Å². The fourth-order valence-corrected chi connectivity index (χ4v) is 3.31. The highest BCUT2D eigenvalue weighted by Crippen LogP contribution is 2.31. The van der Waals surface area contributed by atoms with Gasteiger partial charge in [-0.15, -0.1) is 0 Å². The van der Waals surface area contributed by atoms with Crippen molar-refractivity contribution in [3.63, 3.8) is 0 Å². The Morgan fingerprint density at radius 2 is 1.92 bits per heavy atom. The molecule has 0 rings (SSSR count). The topological polar surface area (TPSA) is 118 Å². The van der Waals surface area contributed by atoms with E-state index in [0.29, 0.717) is 0 Å². The van der Waals surface area contributed by atoms with Crippen LogP contribution in [-0.2, 0) is 13.9 Å². The highest BCUT2D eigenvalue weighted by Gasteiger charge is 2.36. The van der Waals surface area contributed by atoms with Crippen LogP contribution < -0.4 is 5.73 Å². The summed E-state index contributed by atoms with van der Waals surface area (Å²) >= 11 is 0. The zero-order valence-corrected chi connectivity index (χ0v) is 8.72. The van der Waals surface area contributed by atoms with Gasteiger partial charge in [-0.25, -0.2) is 0 Å². The maximum Gasteiger partial charge on any atom is 0.321 e. The summed E-state index contributed by atoms with van der Waals surface area (Å²) in [6.45, 7) is 2.65. The molecule has 0 radical (unpaired) electrons. The minimum atomic E-state index is -4.29. The minimum Gasteiger partial charge on any atom is -0.480 e. The van der Waals surface area contributed by atoms with E-state index in [9.17, 15) is 13.2 Å². The van der Waals surface area contributed by atoms with E-state index in [2.05, 4.69) is 0 Å². The molecule has 0 aromatic heterocycles. The second-order valence-corrected chi connectivity index (χ2v) is 6.77. The van der Waals surface area contributed by atoms with E-state index >= 15 is 0 Å². The Morgan fingerprint density at radius 3 is 2.15 bits per heavy atom. The van der Waals surface area contributed by atoms with Crippen LogP contribution in [0.2, 0.25) is 0 Å². The minimum absolute atomic E-state index is 0.117. The standard InChI is InChI=1S/C5H11NO5S2/c1-5(2,3(6)4(7)8)12-13(9,10)11/h3H,6H2,1-2H3,(H,7,8)(H,9,10,11). The van der Waals surface area contributed by atoms with Gasteiger partial charge in [-0.3, -0.25) is 9.35 Å². The van der Waals surface area contributed by atoms with E-state index in [4.69, 9.17) is 15.4 Å². The van der Waals surface area contributed by atoms with Crippen LogP contribution in [0.1, 0.15) is 13.8 Å². The Bertz CT molecular complexity index is 296. The molecule has 4 N–H and O–H groups in total. The Labute approximate surface area is 79.6 Å². The molecule has 0 bridgehead atoms. The first-order chi connectivity index (χ1) is 5.56. The number of rotatable bonds is 4. The number of nitrogens with two attached hydrogens (primary N) is 1. The van der Waals surface area contributed by atoms with Crippen molar-refractivity contribution in [1.82, 2.24) is 0 Å². The molecule has 0 aliphatic carbocycles. The molecule has 0 fully saturated rings. The summed E-state index contributed by atoms with van der Waals surface area (Å²) in [5, 5.41) is 8.50.